The summed E-state index contributed by atoms with van der Waals surface area (Å²) in [6, 6.07) is 3.92. The van der Waals surface area contributed by atoms with E-state index >= 15 is 0 Å². The Bertz CT molecular complexity index is 1130. The minimum absolute atomic E-state index is 0.0731. The predicted molar refractivity (Wildman–Crippen MR) is 119 cm³/mol. The molecule has 0 aliphatic carbocycles. The van der Waals surface area contributed by atoms with Crippen molar-refractivity contribution in [1.82, 2.24) is 20.4 Å². The molecule has 0 aromatic carbocycles. The van der Waals surface area contributed by atoms with E-state index in [2.05, 4.69) is 15.5 Å². The highest BCUT2D eigenvalue weighted by Crippen LogP contribution is 2.26. The van der Waals surface area contributed by atoms with Gasteiger partial charge < -0.3 is 14.7 Å². The van der Waals surface area contributed by atoms with Crippen molar-refractivity contribution in [3.8, 4) is 0 Å². The van der Waals surface area contributed by atoms with Crippen LogP contribution in [0.4, 0.5) is 0 Å². The molecule has 8 heteroatoms. The van der Waals surface area contributed by atoms with Gasteiger partial charge in [-0.1, -0.05) is 11.2 Å². The van der Waals surface area contributed by atoms with Crippen LogP contribution >= 0.6 is 11.3 Å². The molecule has 1 N–H and O–H groups in total. The zero-order valence-electron chi connectivity index (χ0n) is 17.8. The quantitative estimate of drug-likeness (QED) is 0.618. The highest BCUT2D eigenvalue weighted by molar-refractivity contribution is 7.10. The molecule has 1 aliphatic rings. The number of carbonyl (C=O) groups excluding carboxylic acids is 2. The molecule has 4 rings (SSSR count). The van der Waals surface area contributed by atoms with Gasteiger partial charge in [-0.3, -0.25) is 14.6 Å². The molecule has 0 spiro atoms. The molecule has 0 bridgehead atoms. The fourth-order valence-corrected chi connectivity index (χ4v) is 4.47. The van der Waals surface area contributed by atoms with Crippen LogP contribution in [-0.4, -0.2) is 33.4 Å². The van der Waals surface area contributed by atoms with Gasteiger partial charge in [-0.05, 0) is 61.4 Å². The van der Waals surface area contributed by atoms with Crippen LogP contribution in [0.2, 0.25) is 0 Å². The summed E-state index contributed by atoms with van der Waals surface area (Å²) in [6.45, 7) is 6.96. The Hall–Kier alpha value is -3.26. The van der Waals surface area contributed by atoms with Gasteiger partial charge in [0.2, 0.25) is 5.91 Å². The first kappa shape index (κ1) is 21.0. The Morgan fingerprint density at radius 2 is 2.13 bits per heavy atom. The van der Waals surface area contributed by atoms with Crippen molar-refractivity contribution in [3.63, 3.8) is 0 Å². The topological polar surface area (TPSA) is 88.3 Å². The number of thiophene rings is 1. The van der Waals surface area contributed by atoms with Crippen LogP contribution in [0.15, 0.2) is 34.3 Å². The minimum Gasteiger partial charge on any atom is -0.361 e. The minimum atomic E-state index is -0.142. The first-order valence-electron chi connectivity index (χ1n) is 10.1. The number of rotatable bonds is 5. The van der Waals surface area contributed by atoms with Crippen LogP contribution in [0.1, 0.15) is 49.1 Å². The summed E-state index contributed by atoms with van der Waals surface area (Å²) in [7, 11) is 0. The van der Waals surface area contributed by atoms with Crippen LogP contribution < -0.4 is 5.32 Å². The van der Waals surface area contributed by atoms with Gasteiger partial charge in [0.15, 0.2) is 0 Å². The maximum Gasteiger partial charge on any atom is 0.259 e. The van der Waals surface area contributed by atoms with Gasteiger partial charge >= 0.3 is 0 Å². The molecule has 3 aromatic rings. The van der Waals surface area contributed by atoms with E-state index < -0.39 is 0 Å². The van der Waals surface area contributed by atoms with Crippen molar-refractivity contribution in [2.24, 2.45) is 0 Å². The lowest BCUT2D eigenvalue weighted by molar-refractivity contribution is -0.116. The van der Waals surface area contributed by atoms with E-state index in [1.807, 2.05) is 36.7 Å². The number of hydrogen-bond acceptors (Lipinski definition) is 6. The molecule has 4 heterocycles. The predicted octanol–water partition coefficient (Wildman–Crippen LogP) is 3.58. The molecule has 160 valence electrons. The summed E-state index contributed by atoms with van der Waals surface area (Å²) in [5.41, 5.74) is 5.24. The van der Waals surface area contributed by atoms with Gasteiger partial charge in [-0.15, -0.1) is 11.3 Å². The Labute approximate surface area is 184 Å². The van der Waals surface area contributed by atoms with Crippen molar-refractivity contribution in [2.45, 2.75) is 40.3 Å². The summed E-state index contributed by atoms with van der Waals surface area (Å²) >= 11 is 1.58. The number of nitrogens with one attached hydrogen (secondary N) is 1. The summed E-state index contributed by atoms with van der Waals surface area (Å²) in [5.74, 6) is 0.321. The number of amides is 2. The molecule has 3 aromatic heterocycles. The van der Waals surface area contributed by atoms with Crippen molar-refractivity contribution in [3.05, 3.63) is 74.1 Å². The fraction of sp³-hybridized carbons (Fsp3) is 0.304. The maximum absolute atomic E-state index is 13.0. The van der Waals surface area contributed by atoms with Crippen LogP contribution in [0.3, 0.4) is 0 Å². The summed E-state index contributed by atoms with van der Waals surface area (Å²) in [4.78, 5) is 32.6. The summed E-state index contributed by atoms with van der Waals surface area (Å²) < 4.78 is 5.15. The van der Waals surface area contributed by atoms with Gasteiger partial charge in [0, 0.05) is 42.5 Å². The molecule has 31 heavy (non-hydrogen) atoms. The third kappa shape index (κ3) is 4.44. The average molecular weight is 437 g/mol. The Morgan fingerprint density at radius 1 is 1.29 bits per heavy atom. The van der Waals surface area contributed by atoms with Crippen molar-refractivity contribution >= 4 is 29.2 Å². The number of pyridine rings is 1. The highest BCUT2D eigenvalue weighted by atomic mass is 32.1. The lowest BCUT2D eigenvalue weighted by Gasteiger charge is -2.30. The van der Waals surface area contributed by atoms with Crippen LogP contribution in [-0.2, 0) is 24.3 Å². The number of hydrogen-bond donors (Lipinski definition) is 1. The lowest BCUT2D eigenvalue weighted by atomic mass is 9.94. The van der Waals surface area contributed by atoms with E-state index in [1.165, 1.54) is 0 Å². The van der Waals surface area contributed by atoms with Gasteiger partial charge in [0.1, 0.15) is 11.3 Å². The van der Waals surface area contributed by atoms with E-state index in [0.29, 0.717) is 43.1 Å². The highest BCUT2D eigenvalue weighted by Gasteiger charge is 2.28. The first-order valence-corrected chi connectivity index (χ1v) is 11.0. The number of nitrogens with zero attached hydrogens (tertiary/aromatic N) is 3. The molecule has 0 unspecified atom stereocenters. The molecule has 2 amide bonds. The van der Waals surface area contributed by atoms with Gasteiger partial charge in [0.05, 0.1) is 5.69 Å². The molecule has 0 saturated carbocycles. The second-order valence-corrected chi connectivity index (χ2v) is 8.55. The largest absolute Gasteiger partial charge is 0.361 e. The lowest BCUT2D eigenvalue weighted by Crippen LogP contribution is -2.37. The van der Waals surface area contributed by atoms with Gasteiger partial charge in [-0.25, -0.2) is 0 Å². The van der Waals surface area contributed by atoms with Crippen LogP contribution in [0.25, 0.3) is 6.08 Å². The van der Waals surface area contributed by atoms with E-state index in [-0.39, 0.29) is 11.8 Å². The molecule has 7 nitrogen and oxygen atoms in total. The summed E-state index contributed by atoms with van der Waals surface area (Å²) in [6.07, 6.45) is 5.90. The number of aromatic nitrogens is 2. The Kier molecular flexibility index (Phi) is 5.99. The number of carbonyl (C=O) groups is 2. The molecule has 0 radical (unpaired) electrons. The van der Waals surface area contributed by atoms with Gasteiger partial charge in [0.25, 0.3) is 5.91 Å². The normalized spacial score (nSPS) is 13.5. The van der Waals surface area contributed by atoms with E-state index in [4.69, 9.17) is 4.52 Å². The second-order valence-electron chi connectivity index (χ2n) is 7.57. The number of fused-ring (bicyclic) bond motifs is 1. The smallest absolute Gasteiger partial charge is 0.259 e. The van der Waals surface area contributed by atoms with Crippen molar-refractivity contribution < 1.29 is 14.1 Å². The van der Waals surface area contributed by atoms with Gasteiger partial charge in [-0.2, -0.15) is 0 Å². The third-order valence-corrected chi connectivity index (χ3v) is 6.35. The van der Waals surface area contributed by atoms with E-state index in [9.17, 15) is 9.59 Å². The van der Waals surface area contributed by atoms with Crippen molar-refractivity contribution in [1.29, 1.82) is 0 Å². The monoisotopic (exact) mass is 436 g/mol. The van der Waals surface area contributed by atoms with E-state index in [1.54, 1.807) is 36.2 Å². The fourth-order valence-electron chi connectivity index (χ4n) is 3.85. The molecule has 0 fully saturated rings. The van der Waals surface area contributed by atoms with E-state index in [0.717, 1.165) is 27.3 Å². The number of aryl methyl sites for hydroxylation is 3. The molecule has 0 atom stereocenters. The Balaban J connectivity index is 1.47. The van der Waals surface area contributed by atoms with Crippen molar-refractivity contribution in [2.75, 3.05) is 6.54 Å². The maximum atomic E-state index is 13.0. The third-order valence-electron chi connectivity index (χ3n) is 5.51. The zero-order chi connectivity index (χ0) is 22.0. The van der Waals surface area contributed by atoms with Crippen LogP contribution in [0, 0.1) is 20.8 Å². The molecular weight excluding hydrogens is 412 g/mol. The SMILES string of the molecule is Cc1ncc2c(c1CNC(=O)/C=C/c1cccs1)CCN(C(=O)c1c(C)noc1C)C2. The average Bonchev–Trinajstić information content (AvgIpc) is 3.40. The standard InChI is InChI=1S/C23H24N4O3S/c1-14-20(12-25-21(28)7-6-18-5-4-10-31-18)19-8-9-27(13-17(19)11-24-14)23(29)22-15(2)26-30-16(22)3/h4-7,10-11H,8-9,12-13H2,1-3H3,(H,25,28)/b7-6+. The van der Waals surface area contributed by atoms with Crippen LogP contribution in [0.5, 0.6) is 0 Å². The summed E-state index contributed by atoms with van der Waals surface area (Å²) in [5, 5.41) is 8.83. The molecular formula is C23H24N4O3S. The zero-order valence-corrected chi connectivity index (χ0v) is 18.6. The second kappa shape index (κ2) is 8.85. The molecule has 0 saturated heterocycles. The molecule has 1 aliphatic heterocycles. The Morgan fingerprint density at radius 3 is 2.84 bits per heavy atom. The first-order chi connectivity index (χ1) is 14.9.